The van der Waals surface area contributed by atoms with Crippen LogP contribution in [0.4, 0.5) is 5.69 Å². The van der Waals surface area contributed by atoms with Gasteiger partial charge in [0.15, 0.2) is 5.69 Å². The van der Waals surface area contributed by atoms with Crippen LogP contribution in [0, 0.1) is 18.8 Å². The van der Waals surface area contributed by atoms with Gasteiger partial charge >= 0.3 is 17.9 Å². The fraction of sp³-hybridized carbons (Fsp3) is 0.265. The SMILES string of the molecule is COC(=O)c1ncc(C#Cc2ccccc2N(CC(=O)OC(C)(C)C)S(=O)(=O)c2c(C)ccc3cccnc23)cc1COC(C)=O. The lowest BCUT2D eigenvalue weighted by Crippen LogP contribution is -2.39. The van der Waals surface area contributed by atoms with Gasteiger partial charge in [-0.25, -0.2) is 18.2 Å². The third-order valence-electron chi connectivity index (χ3n) is 6.46. The Labute approximate surface area is 267 Å². The van der Waals surface area contributed by atoms with Gasteiger partial charge in [-0.1, -0.05) is 42.2 Å². The average molecular weight is 644 g/mol. The molecule has 0 saturated heterocycles. The van der Waals surface area contributed by atoms with Gasteiger partial charge < -0.3 is 14.2 Å². The highest BCUT2D eigenvalue weighted by Gasteiger charge is 2.33. The molecular formula is C34H33N3O8S. The van der Waals surface area contributed by atoms with Crippen LogP contribution in [-0.4, -0.2) is 55.5 Å². The van der Waals surface area contributed by atoms with E-state index in [0.29, 0.717) is 16.5 Å². The number of ether oxygens (including phenoxy) is 3. The number of anilines is 1. The Balaban J connectivity index is 1.86. The van der Waals surface area contributed by atoms with Gasteiger partial charge in [0.2, 0.25) is 0 Å². The van der Waals surface area contributed by atoms with Crippen molar-refractivity contribution in [1.82, 2.24) is 9.97 Å². The Kier molecular flexibility index (Phi) is 10.1. The molecule has 0 bridgehead atoms. The van der Waals surface area contributed by atoms with E-state index < -0.39 is 40.1 Å². The summed E-state index contributed by atoms with van der Waals surface area (Å²) < 4.78 is 45.4. The largest absolute Gasteiger partial charge is 0.464 e. The van der Waals surface area contributed by atoms with Crippen LogP contribution in [0.3, 0.4) is 0 Å². The Hall–Kier alpha value is -5.28. The highest BCUT2D eigenvalue weighted by atomic mass is 32.2. The molecule has 0 saturated carbocycles. The molecule has 0 aliphatic rings. The Morgan fingerprint density at radius 2 is 1.72 bits per heavy atom. The summed E-state index contributed by atoms with van der Waals surface area (Å²) in [5.74, 6) is 3.88. The van der Waals surface area contributed by atoms with E-state index in [1.807, 2.05) is 0 Å². The number of aromatic nitrogens is 2. The van der Waals surface area contributed by atoms with E-state index >= 15 is 0 Å². The molecular weight excluding hydrogens is 610 g/mol. The number of carbonyl (C=O) groups is 3. The molecule has 0 atom stereocenters. The van der Waals surface area contributed by atoms with E-state index in [0.717, 1.165) is 4.31 Å². The average Bonchev–Trinajstić information content (AvgIpc) is 3.00. The van der Waals surface area contributed by atoms with Gasteiger partial charge in [0, 0.05) is 41.4 Å². The van der Waals surface area contributed by atoms with Gasteiger partial charge in [-0.15, -0.1) is 0 Å². The van der Waals surface area contributed by atoms with Crippen molar-refractivity contribution in [1.29, 1.82) is 0 Å². The summed E-state index contributed by atoms with van der Waals surface area (Å²) in [5.41, 5.74) is 0.833. The molecule has 12 heteroatoms. The third kappa shape index (κ3) is 7.86. The standard InChI is InChI=1S/C34H33N3O8S/c1-22-13-15-26-11-9-17-35-30(26)32(22)46(41,42)37(20-29(39)45-34(3,4)5)28-12-8-7-10-25(28)16-14-24-18-27(21-44-23(2)38)31(36-19-24)33(40)43-6/h7-13,15,17-19H,20-21H2,1-6H3. The van der Waals surface area contributed by atoms with Crippen molar-refractivity contribution in [2.45, 2.75) is 51.7 Å². The number of rotatable bonds is 8. The van der Waals surface area contributed by atoms with Gasteiger partial charge in [-0.05, 0) is 57.5 Å². The number of benzene rings is 2. The number of methoxy groups -OCH3 is 1. The molecule has 2 aromatic heterocycles. The molecule has 0 N–H and O–H groups in total. The second-order valence-corrected chi connectivity index (χ2v) is 13.0. The Morgan fingerprint density at radius 1 is 0.978 bits per heavy atom. The lowest BCUT2D eigenvalue weighted by Gasteiger charge is -2.28. The van der Waals surface area contributed by atoms with Crippen LogP contribution >= 0.6 is 0 Å². The van der Waals surface area contributed by atoms with E-state index in [4.69, 9.17) is 14.2 Å². The van der Waals surface area contributed by atoms with Crippen molar-refractivity contribution in [3.63, 3.8) is 0 Å². The second kappa shape index (κ2) is 13.8. The fourth-order valence-electron chi connectivity index (χ4n) is 4.53. The quantitative estimate of drug-likeness (QED) is 0.150. The van der Waals surface area contributed by atoms with Gasteiger partial charge in [-0.3, -0.25) is 18.9 Å². The first-order chi connectivity index (χ1) is 21.7. The van der Waals surface area contributed by atoms with Crippen molar-refractivity contribution >= 4 is 44.5 Å². The maximum atomic E-state index is 14.5. The predicted octanol–water partition coefficient (Wildman–Crippen LogP) is 4.72. The van der Waals surface area contributed by atoms with Crippen LogP contribution < -0.4 is 4.31 Å². The lowest BCUT2D eigenvalue weighted by molar-refractivity contribution is -0.152. The molecule has 0 amide bonds. The Morgan fingerprint density at radius 3 is 2.41 bits per heavy atom. The molecule has 0 fully saturated rings. The number of aryl methyl sites for hydroxylation is 1. The zero-order valence-electron chi connectivity index (χ0n) is 26.3. The Bertz CT molecular complexity index is 1990. The van der Waals surface area contributed by atoms with Gasteiger partial charge in [-0.2, -0.15) is 0 Å². The normalized spacial score (nSPS) is 11.3. The van der Waals surface area contributed by atoms with Crippen LogP contribution in [0.5, 0.6) is 0 Å². The number of fused-ring (bicyclic) bond motifs is 1. The van der Waals surface area contributed by atoms with Gasteiger partial charge in [0.05, 0.1) is 18.3 Å². The summed E-state index contributed by atoms with van der Waals surface area (Å²) in [7, 11) is -3.21. The van der Waals surface area contributed by atoms with Crippen LogP contribution in [0.1, 0.15) is 60.4 Å². The minimum atomic E-state index is -4.42. The topological polar surface area (TPSA) is 142 Å². The molecule has 0 radical (unpaired) electrons. The monoisotopic (exact) mass is 643 g/mol. The summed E-state index contributed by atoms with van der Waals surface area (Å²) in [6.07, 6.45) is 2.85. The summed E-state index contributed by atoms with van der Waals surface area (Å²) in [5, 5.41) is 0.615. The molecule has 2 heterocycles. The molecule has 2 aromatic carbocycles. The molecule has 0 spiro atoms. The third-order valence-corrected chi connectivity index (χ3v) is 8.39. The molecule has 11 nitrogen and oxygen atoms in total. The van der Waals surface area contributed by atoms with Crippen LogP contribution in [-0.2, 0) is 40.4 Å². The number of carbonyl (C=O) groups excluding carboxylic acids is 3. The minimum Gasteiger partial charge on any atom is -0.464 e. The minimum absolute atomic E-state index is 0.0385. The van der Waals surface area contributed by atoms with Crippen LogP contribution in [0.2, 0.25) is 0 Å². The van der Waals surface area contributed by atoms with Gasteiger partial charge in [0.1, 0.15) is 23.6 Å². The number of sulfonamides is 1. The number of esters is 3. The smallest absolute Gasteiger partial charge is 0.357 e. The van der Waals surface area contributed by atoms with E-state index in [1.54, 1.807) is 76.2 Å². The second-order valence-electron chi connectivity index (χ2n) is 11.2. The van der Waals surface area contributed by atoms with Crippen LogP contribution in [0.25, 0.3) is 10.9 Å². The fourth-order valence-corrected chi connectivity index (χ4v) is 6.33. The lowest BCUT2D eigenvalue weighted by atomic mass is 10.1. The maximum Gasteiger partial charge on any atom is 0.357 e. The molecule has 46 heavy (non-hydrogen) atoms. The van der Waals surface area contributed by atoms with E-state index in [1.165, 1.54) is 32.5 Å². The summed E-state index contributed by atoms with van der Waals surface area (Å²) >= 11 is 0. The van der Waals surface area contributed by atoms with Crippen molar-refractivity contribution in [2.75, 3.05) is 18.0 Å². The zero-order valence-corrected chi connectivity index (χ0v) is 27.1. The first-order valence-corrected chi connectivity index (χ1v) is 15.6. The van der Waals surface area contributed by atoms with Crippen LogP contribution in [0.15, 0.2) is 71.9 Å². The number of hydrogen-bond acceptors (Lipinski definition) is 10. The van der Waals surface area contributed by atoms with Crippen molar-refractivity contribution < 1.29 is 37.0 Å². The number of nitrogens with zero attached hydrogens (tertiary/aromatic N) is 3. The first-order valence-electron chi connectivity index (χ1n) is 14.1. The molecule has 0 unspecified atom stereocenters. The number of para-hydroxylation sites is 1. The number of hydrogen-bond donors (Lipinski definition) is 0. The molecule has 238 valence electrons. The molecule has 0 aliphatic heterocycles. The van der Waals surface area contributed by atoms with Gasteiger partial charge in [0.25, 0.3) is 10.0 Å². The highest BCUT2D eigenvalue weighted by Crippen LogP contribution is 2.32. The predicted molar refractivity (Wildman–Crippen MR) is 170 cm³/mol. The van der Waals surface area contributed by atoms with E-state index in [9.17, 15) is 22.8 Å². The van der Waals surface area contributed by atoms with Crippen molar-refractivity contribution in [2.24, 2.45) is 0 Å². The summed E-state index contributed by atoms with van der Waals surface area (Å²) in [6.45, 7) is 7.10. The first kappa shape index (κ1) is 33.6. The van der Waals surface area contributed by atoms with E-state index in [2.05, 4.69) is 21.8 Å². The number of pyridine rings is 2. The summed E-state index contributed by atoms with van der Waals surface area (Å²) in [4.78, 5) is 45.2. The maximum absolute atomic E-state index is 14.5. The highest BCUT2D eigenvalue weighted by molar-refractivity contribution is 7.93. The summed E-state index contributed by atoms with van der Waals surface area (Å²) in [6, 6.07) is 14.9. The van der Waals surface area contributed by atoms with Crippen molar-refractivity contribution in [3.05, 3.63) is 94.9 Å². The van der Waals surface area contributed by atoms with Crippen molar-refractivity contribution in [3.8, 4) is 11.8 Å². The molecule has 0 aliphatic carbocycles. The zero-order chi connectivity index (χ0) is 33.6. The molecule has 4 aromatic rings. The molecule has 4 rings (SSSR count). The van der Waals surface area contributed by atoms with E-state index in [-0.39, 0.29) is 39.5 Å².